The van der Waals surface area contributed by atoms with E-state index in [9.17, 15) is 18.0 Å². The van der Waals surface area contributed by atoms with Gasteiger partial charge in [-0.25, -0.2) is 18.4 Å². The Morgan fingerprint density at radius 2 is 2.00 bits per heavy atom. The molecular formula is C22H23N7O5S. The zero-order chi connectivity index (χ0) is 25.4. The van der Waals surface area contributed by atoms with E-state index >= 15 is 0 Å². The molecule has 12 nitrogen and oxygen atoms in total. The Morgan fingerprint density at radius 1 is 1.23 bits per heavy atom. The number of imidazole rings is 1. The Labute approximate surface area is 201 Å². The second-order valence-electron chi connectivity index (χ2n) is 8.55. The molecule has 0 fully saturated rings. The normalized spacial score (nSPS) is 14.5. The van der Waals surface area contributed by atoms with Crippen molar-refractivity contribution in [2.75, 3.05) is 6.61 Å². The van der Waals surface area contributed by atoms with Gasteiger partial charge in [0.1, 0.15) is 36.0 Å². The first-order valence-electron chi connectivity index (χ1n) is 10.4. The van der Waals surface area contributed by atoms with Gasteiger partial charge in [0.25, 0.3) is 21.8 Å². The van der Waals surface area contributed by atoms with Crippen LogP contribution >= 0.6 is 0 Å². The highest BCUT2D eigenvalue weighted by Gasteiger charge is 2.27. The predicted molar refractivity (Wildman–Crippen MR) is 127 cm³/mol. The highest BCUT2D eigenvalue weighted by Crippen LogP contribution is 2.28. The largest absolute Gasteiger partial charge is 0.490 e. The van der Waals surface area contributed by atoms with Crippen molar-refractivity contribution in [3.05, 3.63) is 71.4 Å². The number of carbonyl (C=O) groups excluding carboxylic acids is 2. The number of amidine groups is 1. The maximum Gasteiger partial charge on any atom is 0.268 e. The van der Waals surface area contributed by atoms with Crippen LogP contribution in [0.15, 0.2) is 53.5 Å². The SMILES string of the molecule is CC(C)(COc1cccc2c1C(N)=NS(=O)(=O)C2)NC(=O)c1ccnc(-n2cnc(C(N)=O)c2)c1. The number of primary amides is 1. The van der Waals surface area contributed by atoms with Gasteiger partial charge in [0.05, 0.1) is 16.9 Å². The van der Waals surface area contributed by atoms with Crippen molar-refractivity contribution in [1.29, 1.82) is 0 Å². The van der Waals surface area contributed by atoms with Crippen LogP contribution in [0.4, 0.5) is 0 Å². The van der Waals surface area contributed by atoms with Gasteiger partial charge < -0.3 is 21.5 Å². The minimum absolute atomic E-state index is 0.0661. The molecule has 1 aliphatic rings. The van der Waals surface area contributed by atoms with Crippen LogP contribution in [0.25, 0.3) is 5.82 Å². The molecule has 2 aromatic heterocycles. The van der Waals surface area contributed by atoms with Crippen molar-refractivity contribution in [3.63, 3.8) is 0 Å². The summed E-state index contributed by atoms with van der Waals surface area (Å²) in [5.41, 5.74) is 11.6. The van der Waals surface area contributed by atoms with Gasteiger partial charge in [-0.05, 0) is 37.6 Å². The summed E-state index contributed by atoms with van der Waals surface area (Å²) in [7, 11) is -3.66. The number of pyridine rings is 1. The molecule has 35 heavy (non-hydrogen) atoms. The fourth-order valence-corrected chi connectivity index (χ4v) is 4.57. The molecule has 0 radical (unpaired) electrons. The summed E-state index contributed by atoms with van der Waals surface area (Å²) in [6, 6.07) is 8.09. The van der Waals surface area contributed by atoms with Gasteiger partial charge in [-0.3, -0.25) is 14.2 Å². The van der Waals surface area contributed by atoms with E-state index in [1.165, 1.54) is 23.3 Å². The number of nitrogens with zero attached hydrogens (tertiary/aromatic N) is 4. The van der Waals surface area contributed by atoms with Gasteiger partial charge in [0, 0.05) is 18.0 Å². The van der Waals surface area contributed by atoms with Crippen LogP contribution in [0, 0.1) is 0 Å². The fraction of sp³-hybridized carbons (Fsp3) is 0.227. The van der Waals surface area contributed by atoms with E-state index in [-0.39, 0.29) is 29.8 Å². The number of sulfonamides is 1. The summed E-state index contributed by atoms with van der Waals surface area (Å²) in [6.45, 7) is 3.62. The van der Waals surface area contributed by atoms with Crippen LogP contribution in [-0.4, -0.2) is 52.7 Å². The van der Waals surface area contributed by atoms with Crippen LogP contribution in [0.5, 0.6) is 5.75 Å². The lowest BCUT2D eigenvalue weighted by atomic mass is 10.0. The Morgan fingerprint density at radius 3 is 2.71 bits per heavy atom. The maximum absolute atomic E-state index is 12.9. The van der Waals surface area contributed by atoms with Gasteiger partial charge in [0.2, 0.25) is 0 Å². The molecule has 0 unspecified atom stereocenters. The highest BCUT2D eigenvalue weighted by molar-refractivity contribution is 7.89. The summed E-state index contributed by atoms with van der Waals surface area (Å²) in [5, 5.41) is 2.90. The first-order valence-corrected chi connectivity index (χ1v) is 12.0. The minimum Gasteiger partial charge on any atom is -0.490 e. The molecule has 13 heteroatoms. The monoisotopic (exact) mass is 497 g/mol. The number of hydrogen-bond acceptors (Lipinski definition) is 8. The predicted octanol–water partition coefficient (Wildman–Crippen LogP) is 0.502. The third-order valence-electron chi connectivity index (χ3n) is 5.09. The standard InChI is InChI=1S/C22H23N7O5S/c1-22(2,11-34-16-5-3-4-14-10-35(32,33)28-19(23)18(14)16)27-21(31)13-6-7-25-17(8-13)29-9-15(20(24)30)26-12-29/h3-9,12H,10-11H2,1-2H3,(H2,23,28)(H2,24,30)(H,27,31). The second-order valence-corrected chi connectivity index (χ2v) is 10.2. The third kappa shape index (κ3) is 5.30. The first kappa shape index (κ1) is 23.9. The zero-order valence-corrected chi connectivity index (χ0v) is 19.7. The number of carbonyl (C=O) groups is 2. The molecule has 1 aliphatic heterocycles. The summed E-state index contributed by atoms with van der Waals surface area (Å²) < 4.78 is 34.7. The lowest BCUT2D eigenvalue weighted by Crippen LogP contribution is -2.48. The second kappa shape index (κ2) is 8.83. The summed E-state index contributed by atoms with van der Waals surface area (Å²) in [5.74, 6) is -0.687. The summed E-state index contributed by atoms with van der Waals surface area (Å²) in [4.78, 5) is 32.3. The summed E-state index contributed by atoms with van der Waals surface area (Å²) >= 11 is 0. The molecule has 2 amide bonds. The van der Waals surface area contributed by atoms with Gasteiger partial charge in [-0.1, -0.05) is 12.1 Å². The van der Waals surface area contributed by atoms with Crippen molar-refractivity contribution in [2.24, 2.45) is 15.9 Å². The van der Waals surface area contributed by atoms with E-state index in [1.807, 2.05) is 0 Å². The van der Waals surface area contributed by atoms with E-state index in [0.29, 0.717) is 28.3 Å². The number of benzene rings is 1. The van der Waals surface area contributed by atoms with Gasteiger partial charge in [-0.15, -0.1) is 4.40 Å². The maximum atomic E-state index is 12.9. The van der Waals surface area contributed by atoms with Crippen LogP contribution in [0.3, 0.4) is 0 Å². The Kier molecular flexibility index (Phi) is 6.03. The van der Waals surface area contributed by atoms with E-state index in [0.717, 1.165) is 0 Å². The molecule has 3 heterocycles. The Balaban J connectivity index is 1.47. The van der Waals surface area contributed by atoms with Crippen molar-refractivity contribution in [1.82, 2.24) is 19.9 Å². The number of nitrogens with two attached hydrogens (primary N) is 2. The molecule has 0 saturated carbocycles. The van der Waals surface area contributed by atoms with Crippen molar-refractivity contribution in [3.8, 4) is 11.6 Å². The highest BCUT2D eigenvalue weighted by atomic mass is 32.2. The van der Waals surface area contributed by atoms with E-state index in [1.54, 1.807) is 44.2 Å². The van der Waals surface area contributed by atoms with Crippen molar-refractivity contribution < 1.29 is 22.7 Å². The molecule has 1 aromatic carbocycles. The molecule has 0 bridgehead atoms. The molecule has 0 spiro atoms. The minimum atomic E-state index is -3.66. The smallest absolute Gasteiger partial charge is 0.268 e. The molecule has 4 rings (SSSR count). The molecule has 5 N–H and O–H groups in total. The number of aromatic nitrogens is 3. The number of ether oxygens (including phenoxy) is 1. The molecule has 0 atom stereocenters. The number of rotatable bonds is 7. The topological polar surface area (TPSA) is 185 Å². The number of amides is 2. The third-order valence-corrected chi connectivity index (χ3v) is 6.24. The van der Waals surface area contributed by atoms with Gasteiger partial charge in [0.15, 0.2) is 0 Å². The zero-order valence-electron chi connectivity index (χ0n) is 18.9. The quantitative estimate of drug-likeness (QED) is 0.421. The van der Waals surface area contributed by atoms with E-state index < -0.39 is 21.5 Å². The molecule has 3 aromatic rings. The first-order chi connectivity index (χ1) is 16.4. The van der Waals surface area contributed by atoms with E-state index in [2.05, 4.69) is 19.7 Å². The number of fused-ring (bicyclic) bond motifs is 1. The van der Waals surface area contributed by atoms with Crippen LogP contribution in [0.1, 0.15) is 45.8 Å². The molecule has 0 aliphatic carbocycles. The lowest BCUT2D eigenvalue weighted by molar-refractivity contribution is 0.0880. The van der Waals surface area contributed by atoms with Gasteiger partial charge >= 0.3 is 0 Å². The molecule has 182 valence electrons. The number of hydrogen-bond donors (Lipinski definition) is 3. The van der Waals surface area contributed by atoms with Crippen molar-refractivity contribution in [2.45, 2.75) is 25.1 Å². The fourth-order valence-electron chi connectivity index (χ4n) is 3.48. The van der Waals surface area contributed by atoms with Crippen LogP contribution in [0.2, 0.25) is 0 Å². The Bertz CT molecular complexity index is 1460. The van der Waals surface area contributed by atoms with Crippen LogP contribution in [-0.2, 0) is 15.8 Å². The lowest BCUT2D eigenvalue weighted by Gasteiger charge is -2.27. The average molecular weight is 498 g/mol. The molecular weight excluding hydrogens is 474 g/mol. The van der Waals surface area contributed by atoms with Crippen molar-refractivity contribution >= 4 is 27.7 Å². The average Bonchev–Trinajstić information content (AvgIpc) is 3.27. The molecule has 0 saturated heterocycles. The summed E-state index contributed by atoms with van der Waals surface area (Å²) in [6.07, 6.45) is 4.26. The number of nitrogens with one attached hydrogen (secondary N) is 1. The van der Waals surface area contributed by atoms with Crippen LogP contribution < -0.4 is 21.5 Å². The van der Waals surface area contributed by atoms with E-state index in [4.69, 9.17) is 16.2 Å². The Hall–Kier alpha value is -4.26. The van der Waals surface area contributed by atoms with Gasteiger partial charge in [-0.2, -0.15) is 0 Å².